The summed E-state index contributed by atoms with van der Waals surface area (Å²) in [4.78, 5) is 18.7. The number of aromatic nitrogens is 1. The van der Waals surface area contributed by atoms with Gasteiger partial charge in [-0.15, -0.1) is 0 Å². The molecule has 1 aliphatic rings. The largest absolute Gasteiger partial charge is 0.493 e. The fraction of sp³-hybridized carbons (Fsp3) is 0.333. The first-order chi connectivity index (χ1) is 13.7. The number of ether oxygens (including phenoxy) is 3. The van der Waals surface area contributed by atoms with Gasteiger partial charge in [0, 0.05) is 13.1 Å². The van der Waals surface area contributed by atoms with Crippen molar-refractivity contribution in [3.63, 3.8) is 0 Å². The number of nitrogens with one attached hydrogen (secondary N) is 1. The minimum atomic E-state index is -0.286. The number of carbonyl (C=O) groups is 1. The predicted molar refractivity (Wildman–Crippen MR) is 109 cm³/mol. The standard InChI is InChI=1S/C21H25N3O4/c1-3-4-16-5-7-18(19(13-16)26-2)28-15-21(25)23-20-8-6-17(14-22-20)24-9-11-27-12-10-24/h3-8,13-14H,9-12,15H2,1-2H3,(H,22,23,25)/b4-3+. The molecule has 7 nitrogen and oxygen atoms in total. The summed E-state index contributed by atoms with van der Waals surface area (Å²) in [6, 6.07) is 9.28. The molecule has 1 aromatic heterocycles. The molecule has 1 amide bonds. The van der Waals surface area contributed by atoms with E-state index >= 15 is 0 Å². The maximum atomic E-state index is 12.2. The molecule has 1 fully saturated rings. The molecule has 148 valence electrons. The van der Waals surface area contributed by atoms with Crippen LogP contribution < -0.4 is 19.7 Å². The monoisotopic (exact) mass is 383 g/mol. The molecule has 0 saturated carbocycles. The van der Waals surface area contributed by atoms with Crippen LogP contribution >= 0.6 is 0 Å². The van der Waals surface area contributed by atoms with Crippen molar-refractivity contribution < 1.29 is 19.0 Å². The minimum Gasteiger partial charge on any atom is -0.493 e. The van der Waals surface area contributed by atoms with Gasteiger partial charge in [-0.05, 0) is 36.8 Å². The van der Waals surface area contributed by atoms with Gasteiger partial charge in [0.25, 0.3) is 5.91 Å². The number of amides is 1. The van der Waals surface area contributed by atoms with E-state index in [2.05, 4.69) is 15.2 Å². The smallest absolute Gasteiger partial charge is 0.263 e. The fourth-order valence-corrected chi connectivity index (χ4v) is 2.89. The molecule has 0 atom stereocenters. The molecule has 7 heteroatoms. The first-order valence-electron chi connectivity index (χ1n) is 9.21. The molecule has 0 radical (unpaired) electrons. The van der Waals surface area contributed by atoms with Gasteiger partial charge in [-0.1, -0.05) is 18.2 Å². The second-order valence-electron chi connectivity index (χ2n) is 6.25. The quantitative estimate of drug-likeness (QED) is 0.792. The third kappa shape index (κ3) is 5.23. The van der Waals surface area contributed by atoms with Crippen molar-refractivity contribution in [2.75, 3.05) is 50.2 Å². The van der Waals surface area contributed by atoms with Crippen LogP contribution in [0.5, 0.6) is 11.5 Å². The van der Waals surface area contributed by atoms with Crippen LogP contribution in [0.1, 0.15) is 12.5 Å². The Hall–Kier alpha value is -3.06. The van der Waals surface area contributed by atoms with Gasteiger partial charge in [0.1, 0.15) is 5.82 Å². The number of benzene rings is 1. The van der Waals surface area contributed by atoms with Gasteiger partial charge in [-0.2, -0.15) is 0 Å². The third-order valence-corrected chi connectivity index (χ3v) is 4.30. The molecule has 0 unspecified atom stereocenters. The molecule has 1 saturated heterocycles. The number of morpholine rings is 1. The Bertz CT molecular complexity index is 815. The summed E-state index contributed by atoms with van der Waals surface area (Å²) in [5.41, 5.74) is 2.02. The summed E-state index contributed by atoms with van der Waals surface area (Å²) in [5, 5.41) is 2.74. The van der Waals surface area contributed by atoms with Gasteiger partial charge in [-0.3, -0.25) is 4.79 Å². The number of anilines is 2. The fourth-order valence-electron chi connectivity index (χ4n) is 2.89. The molecule has 1 aliphatic heterocycles. The van der Waals surface area contributed by atoms with Gasteiger partial charge in [0.15, 0.2) is 18.1 Å². The number of carbonyl (C=O) groups excluding carboxylic acids is 1. The van der Waals surface area contributed by atoms with Crippen LogP contribution in [0.25, 0.3) is 6.08 Å². The lowest BCUT2D eigenvalue weighted by Gasteiger charge is -2.28. The van der Waals surface area contributed by atoms with Crippen molar-refractivity contribution >= 4 is 23.5 Å². The molecule has 0 bridgehead atoms. The molecule has 2 aromatic rings. The highest BCUT2D eigenvalue weighted by atomic mass is 16.5. The average Bonchev–Trinajstić information content (AvgIpc) is 2.74. The van der Waals surface area contributed by atoms with Gasteiger partial charge in [-0.25, -0.2) is 4.98 Å². The summed E-state index contributed by atoms with van der Waals surface area (Å²) < 4.78 is 16.3. The number of methoxy groups -OCH3 is 1. The Balaban J connectivity index is 1.54. The van der Waals surface area contributed by atoms with Gasteiger partial charge in [0.2, 0.25) is 0 Å². The van der Waals surface area contributed by atoms with E-state index in [9.17, 15) is 4.79 Å². The molecule has 28 heavy (non-hydrogen) atoms. The van der Waals surface area contributed by atoms with Crippen molar-refractivity contribution in [1.82, 2.24) is 4.98 Å². The van der Waals surface area contributed by atoms with Crippen LogP contribution in [-0.4, -0.2) is 50.9 Å². The zero-order valence-electron chi connectivity index (χ0n) is 16.2. The molecule has 2 heterocycles. The van der Waals surface area contributed by atoms with Crippen molar-refractivity contribution in [3.05, 3.63) is 48.2 Å². The summed E-state index contributed by atoms with van der Waals surface area (Å²) in [7, 11) is 1.57. The van der Waals surface area contributed by atoms with Gasteiger partial charge < -0.3 is 24.4 Å². The molecule has 1 aromatic carbocycles. The average molecular weight is 383 g/mol. The van der Waals surface area contributed by atoms with Crippen LogP contribution in [0.3, 0.4) is 0 Å². The Labute approximate surface area is 164 Å². The topological polar surface area (TPSA) is 72.9 Å². The first kappa shape index (κ1) is 19.7. The first-order valence-corrected chi connectivity index (χ1v) is 9.21. The Morgan fingerprint density at radius 1 is 1.25 bits per heavy atom. The highest BCUT2D eigenvalue weighted by Crippen LogP contribution is 2.28. The van der Waals surface area contributed by atoms with E-state index in [-0.39, 0.29) is 12.5 Å². The second kappa shape index (κ2) is 9.75. The second-order valence-corrected chi connectivity index (χ2v) is 6.25. The molecule has 0 spiro atoms. The highest BCUT2D eigenvalue weighted by Gasteiger charge is 2.12. The minimum absolute atomic E-state index is 0.133. The van der Waals surface area contributed by atoms with Crippen LogP contribution in [0.4, 0.5) is 11.5 Å². The van der Waals surface area contributed by atoms with Crippen molar-refractivity contribution in [2.24, 2.45) is 0 Å². The molecular formula is C21H25N3O4. The van der Waals surface area contributed by atoms with E-state index in [4.69, 9.17) is 14.2 Å². The van der Waals surface area contributed by atoms with Gasteiger partial charge >= 0.3 is 0 Å². The molecule has 3 rings (SSSR count). The maximum Gasteiger partial charge on any atom is 0.263 e. The van der Waals surface area contributed by atoms with Gasteiger partial charge in [0.05, 0.1) is 32.2 Å². The summed E-state index contributed by atoms with van der Waals surface area (Å²) in [5.74, 6) is 1.30. The summed E-state index contributed by atoms with van der Waals surface area (Å²) in [6.45, 7) is 4.94. The van der Waals surface area contributed by atoms with E-state index < -0.39 is 0 Å². The van der Waals surface area contributed by atoms with E-state index in [0.717, 1.165) is 37.6 Å². The van der Waals surface area contributed by atoms with E-state index in [1.807, 2.05) is 37.3 Å². The SMILES string of the molecule is C/C=C/c1ccc(OCC(=O)Nc2ccc(N3CCOCC3)cn2)c(OC)c1. The Morgan fingerprint density at radius 3 is 2.75 bits per heavy atom. The number of rotatable bonds is 7. The molecule has 0 aliphatic carbocycles. The van der Waals surface area contributed by atoms with Crippen LogP contribution in [0.15, 0.2) is 42.6 Å². The molecular weight excluding hydrogens is 358 g/mol. The van der Waals surface area contributed by atoms with E-state index in [1.54, 1.807) is 25.4 Å². The number of hydrogen-bond acceptors (Lipinski definition) is 6. The normalized spacial score (nSPS) is 14.1. The summed E-state index contributed by atoms with van der Waals surface area (Å²) in [6.07, 6.45) is 5.66. The highest BCUT2D eigenvalue weighted by molar-refractivity contribution is 5.91. The van der Waals surface area contributed by atoms with Crippen LogP contribution in [0, 0.1) is 0 Å². The predicted octanol–water partition coefficient (Wildman–Crippen LogP) is 2.98. The molecule has 1 N–H and O–H groups in total. The van der Waals surface area contributed by atoms with Crippen molar-refractivity contribution in [3.8, 4) is 11.5 Å². The Kier molecular flexibility index (Phi) is 6.86. The number of nitrogens with zero attached hydrogens (tertiary/aromatic N) is 2. The zero-order chi connectivity index (χ0) is 19.8. The van der Waals surface area contributed by atoms with E-state index in [0.29, 0.717) is 17.3 Å². The lowest BCUT2D eigenvalue weighted by Crippen LogP contribution is -2.36. The van der Waals surface area contributed by atoms with Crippen LogP contribution in [0.2, 0.25) is 0 Å². The number of pyridine rings is 1. The number of hydrogen-bond donors (Lipinski definition) is 1. The van der Waals surface area contributed by atoms with Crippen molar-refractivity contribution in [1.29, 1.82) is 0 Å². The van der Waals surface area contributed by atoms with Crippen molar-refractivity contribution in [2.45, 2.75) is 6.92 Å². The van der Waals surface area contributed by atoms with Crippen LogP contribution in [-0.2, 0) is 9.53 Å². The number of allylic oxidation sites excluding steroid dienone is 1. The lowest BCUT2D eigenvalue weighted by molar-refractivity contribution is -0.118. The summed E-state index contributed by atoms with van der Waals surface area (Å²) >= 11 is 0. The van der Waals surface area contributed by atoms with E-state index in [1.165, 1.54) is 0 Å². The maximum absolute atomic E-state index is 12.2. The zero-order valence-corrected chi connectivity index (χ0v) is 16.2. The Morgan fingerprint density at radius 2 is 2.07 bits per heavy atom. The third-order valence-electron chi connectivity index (χ3n) is 4.30. The lowest BCUT2D eigenvalue weighted by atomic mass is 10.2.